The van der Waals surface area contributed by atoms with Crippen molar-refractivity contribution in [3.63, 3.8) is 0 Å². The molecule has 0 aliphatic carbocycles. The normalized spacial score (nSPS) is 11.4. The zero-order chi connectivity index (χ0) is 10.7. The molecule has 5 heteroatoms. The largest absolute Gasteiger partial charge is 0.496 e. The van der Waals surface area contributed by atoms with Gasteiger partial charge in [-0.1, -0.05) is 6.07 Å². The average molecular weight is 232 g/mol. The molecular weight excluding hydrogens is 218 g/mol. The van der Waals surface area contributed by atoms with E-state index in [1.165, 1.54) is 0 Å². The van der Waals surface area contributed by atoms with E-state index in [1.807, 2.05) is 6.92 Å². The zero-order valence-electron chi connectivity index (χ0n) is 8.56. The molecule has 1 atom stereocenters. The van der Waals surface area contributed by atoms with Crippen LogP contribution in [0.1, 0.15) is 17.2 Å². The van der Waals surface area contributed by atoms with Crippen molar-refractivity contribution in [1.29, 1.82) is 0 Å². The summed E-state index contributed by atoms with van der Waals surface area (Å²) in [5, 5.41) is 9.37. The van der Waals surface area contributed by atoms with Gasteiger partial charge in [0.15, 0.2) is 6.10 Å². The van der Waals surface area contributed by atoms with E-state index < -0.39 is 12.0 Å². The molecule has 1 amide bonds. The van der Waals surface area contributed by atoms with Crippen LogP contribution < -0.4 is 10.5 Å². The van der Waals surface area contributed by atoms with Gasteiger partial charge < -0.3 is 15.6 Å². The van der Waals surface area contributed by atoms with Crippen LogP contribution in [0.5, 0.6) is 5.75 Å². The van der Waals surface area contributed by atoms with Crippen molar-refractivity contribution in [2.24, 2.45) is 5.73 Å². The zero-order valence-corrected chi connectivity index (χ0v) is 9.38. The van der Waals surface area contributed by atoms with E-state index in [4.69, 9.17) is 10.5 Å². The predicted octanol–water partition coefficient (Wildman–Crippen LogP) is 0.944. The van der Waals surface area contributed by atoms with Crippen LogP contribution in [0.4, 0.5) is 0 Å². The van der Waals surface area contributed by atoms with E-state index >= 15 is 0 Å². The number of benzene rings is 1. The third-order valence-corrected chi connectivity index (χ3v) is 2.00. The molecule has 1 aromatic rings. The summed E-state index contributed by atoms with van der Waals surface area (Å²) in [6, 6.07) is 4.98. The minimum atomic E-state index is -1.25. The van der Waals surface area contributed by atoms with Gasteiger partial charge in [-0.3, -0.25) is 4.79 Å². The van der Waals surface area contributed by atoms with Gasteiger partial charge in [-0.15, -0.1) is 12.4 Å². The summed E-state index contributed by atoms with van der Waals surface area (Å²) >= 11 is 0. The van der Waals surface area contributed by atoms with Crippen molar-refractivity contribution in [2.75, 3.05) is 7.11 Å². The van der Waals surface area contributed by atoms with Gasteiger partial charge >= 0.3 is 0 Å². The summed E-state index contributed by atoms with van der Waals surface area (Å²) < 4.78 is 5.04. The number of aliphatic hydroxyl groups excluding tert-OH is 1. The lowest BCUT2D eigenvalue weighted by Gasteiger charge is -2.10. The topological polar surface area (TPSA) is 72.6 Å². The maximum absolute atomic E-state index is 10.7. The fourth-order valence-electron chi connectivity index (χ4n) is 1.24. The number of carbonyl (C=O) groups excluding carboxylic acids is 1. The van der Waals surface area contributed by atoms with E-state index in [1.54, 1.807) is 25.3 Å². The second kappa shape index (κ2) is 5.58. The Morgan fingerprint density at radius 3 is 2.53 bits per heavy atom. The highest BCUT2D eigenvalue weighted by Crippen LogP contribution is 2.22. The second-order valence-electron chi connectivity index (χ2n) is 3.03. The lowest BCUT2D eigenvalue weighted by molar-refractivity contribution is -0.126. The summed E-state index contributed by atoms with van der Waals surface area (Å²) in [6.45, 7) is 1.83. The molecule has 0 aliphatic rings. The monoisotopic (exact) mass is 231 g/mol. The van der Waals surface area contributed by atoms with Gasteiger partial charge in [0.2, 0.25) is 0 Å². The highest BCUT2D eigenvalue weighted by atomic mass is 35.5. The third kappa shape index (κ3) is 3.11. The Morgan fingerprint density at radius 2 is 2.13 bits per heavy atom. The van der Waals surface area contributed by atoms with Crippen molar-refractivity contribution in [1.82, 2.24) is 0 Å². The summed E-state index contributed by atoms with van der Waals surface area (Å²) in [7, 11) is 1.56. The van der Waals surface area contributed by atoms with E-state index in [0.29, 0.717) is 11.3 Å². The lowest BCUT2D eigenvalue weighted by Crippen LogP contribution is -2.20. The van der Waals surface area contributed by atoms with Gasteiger partial charge in [-0.2, -0.15) is 0 Å². The molecule has 0 spiro atoms. The van der Waals surface area contributed by atoms with Crippen LogP contribution in [0.25, 0.3) is 0 Å². The minimum absolute atomic E-state index is 0. The molecule has 0 aliphatic heterocycles. The molecule has 0 saturated heterocycles. The molecule has 0 bridgehead atoms. The number of methoxy groups -OCH3 is 1. The van der Waals surface area contributed by atoms with Crippen LogP contribution in [0.3, 0.4) is 0 Å². The molecule has 1 rings (SSSR count). The Kier molecular flexibility index (Phi) is 5.11. The number of nitrogens with two attached hydrogens (primary N) is 1. The third-order valence-electron chi connectivity index (χ3n) is 2.00. The molecular formula is C10H14ClNO3. The summed E-state index contributed by atoms with van der Waals surface area (Å²) in [5.41, 5.74) is 6.30. The van der Waals surface area contributed by atoms with Gasteiger partial charge in [-0.05, 0) is 30.2 Å². The number of hydrogen-bond donors (Lipinski definition) is 2. The number of aliphatic hydroxyl groups is 1. The van der Waals surface area contributed by atoms with E-state index in [2.05, 4.69) is 0 Å². The highest BCUT2D eigenvalue weighted by molar-refractivity contribution is 5.85. The first kappa shape index (κ1) is 13.7. The van der Waals surface area contributed by atoms with Crippen molar-refractivity contribution in [3.8, 4) is 5.75 Å². The van der Waals surface area contributed by atoms with Gasteiger partial charge in [-0.25, -0.2) is 0 Å². The fraction of sp³-hybridized carbons (Fsp3) is 0.300. The minimum Gasteiger partial charge on any atom is -0.496 e. The van der Waals surface area contributed by atoms with Crippen molar-refractivity contribution < 1.29 is 14.6 Å². The van der Waals surface area contributed by atoms with Gasteiger partial charge in [0.1, 0.15) is 5.75 Å². The molecule has 0 heterocycles. The predicted molar refractivity (Wildman–Crippen MR) is 59.1 cm³/mol. The Balaban J connectivity index is 0.00000196. The Labute approximate surface area is 94.5 Å². The molecule has 0 fully saturated rings. The molecule has 3 N–H and O–H groups in total. The summed E-state index contributed by atoms with van der Waals surface area (Å²) in [5.74, 6) is -0.0417. The number of carbonyl (C=O) groups is 1. The molecule has 84 valence electrons. The first-order chi connectivity index (χ1) is 6.56. The molecule has 1 unspecified atom stereocenters. The van der Waals surface area contributed by atoms with Crippen LogP contribution in [-0.4, -0.2) is 18.1 Å². The van der Waals surface area contributed by atoms with Crippen LogP contribution in [0.2, 0.25) is 0 Å². The molecule has 15 heavy (non-hydrogen) atoms. The van der Waals surface area contributed by atoms with Crippen molar-refractivity contribution in [3.05, 3.63) is 29.3 Å². The molecule has 1 aromatic carbocycles. The smallest absolute Gasteiger partial charge is 0.250 e. The van der Waals surface area contributed by atoms with Gasteiger partial charge in [0, 0.05) is 0 Å². The Bertz CT molecular complexity index is 355. The summed E-state index contributed by atoms with van der Waals surface area (Å²) in [6.07, 6.45) is -1.25. The number of ether oxygens (including phenoxy) is 1. The molecule has 0 aromatic heterocycles. The Morgan fingerprint density at radius 1 is 1.53 bits per heavy atom. The number of hydrogen-bond acceptors (Lipinski definition) is 3. The van der Waals surface area contributed by atoms with E-state index in [-0.39, 0.29) is 12.4 Å². The van der Waals surface area contributed by atoms with Crippen LogP contribution in [-0.2, 0) is 4.79 Å². The number of halogens is 1. The van der Waals surface area contributed by atoms with Crippen molar-refractivity contribution in [2.45, 2.75) is 13.0 Å². The van der Waals surface area contributed by atoms with Crippen molar-refractivity contribution >= 4 is 18.3 Å². The first-order valence-electron chi connectivity index (χ1n) is 4.18. The standard InChI is InChI=1S/C10H13NO3.ClH/c1-6-5-7(9(12)10(11)13)3-4-8(6)14-2;/h3-5,9,12H,1-2H3,(H2,11,13);1H. The maximum Gasteiger partial charge on any atom is 0.250 e. The maximum atomic E-state index is 10.7. The summed E-state index contributed by atoms with van der Waals surface area (Å²) in [4.78, 5) is 10.7. The van der Waals surface area contributed by atoms with E-state index in [9.17, 15) is 9.90 Å². The van der Waals surface area contributed by atoms with E-state index in [0.717, 1.165) is 5.56 Å². The van der Waals surface area contributed by atoms with Gasteiger partial charge in [0.05, 0.1) is 7.11 Å². The Hall–Kier alpha value is -1.26. The molecule has 4 nitrogen and oxygen atoms in total. The first-order valence-corrected chi connectivity index (χ1v) is 4.18. The SMILES string of the molecule is COc1ccc(C(O)C(N)=O)cc1C.Cl. The highest BCUT2D eigenvalue weighted by Gasteiger charge is 2.14. The number of aryl methyl sites for hydroxylation is 1. The fourth-order valence-corrected chi connectivity index (χ4v) is 1.24. The molecule has 0 saturated carbocycles. The molecule has 0 radical (unpaired) electrons. The van der Waals surface area contributed by atoms with Crippen LogP contribution in [0.15, 0.2) is 18.2 Å². The lowest BCUT2D eigenvalue weighted by atomic mass is 10.1. The number of amides is 1. The number of primary amides is 1. The van der Waals surface area contributed by atoms with Crippen LogP contribution >= 0.6 is 12.4 Å². The second-order valence-corrected chi connectivity index (χ2v) is 3.03. The van der Waals surface area contributed by atoms with Gasteiger partial charge in [0.25, 0.3) is 5.91 Å². The quantitative estimate of drug-likeness (QED) is 0.813. The van der Waals surface area contributed by atoms with Crippen LogP contribution in [0, 0.1) is 6.92 Å². The average Bonchev–Trinajstić information content (AvgIpc) is 2.16. The number of rotatable bonds is 3.